The van der Waals surface area contributed by atoms with E-state index in [-0.39, 0.29) is 5.60 Å². The number of nitrogens with one attached hydrogen (secondary N) is 1. The van der Waals surface area contributed by atoms with Gasteiger partial charge in [-0.3, -0.25) is 4.79 Å². The molecule has 3 rings (SSSR count). The van der Waals surface area contributed by atoms with Gasteiger partial charge in [0.25, 0.3) is 6.47 Å². The molecule has 1 saturated heterocycles. The summed E-state index contributed by atoms with van der Waals surface area (Å²) in [5.74, 6) is 0. The molecule has 0 bridgehead atoms. The van der Waals surface area contributed by atoms with Gasteiger partial charge >= 0.3 is 0 Å². The molecule has 30 heavy (non-hydrogen) atoms. The minimum absolute atomic E-state index is 0.318. The first-order valence-electron chi connectivity index (χ1n) is 10.1. The number of ether oxygens (including phenoxy) is 1. The third-order valence-corrected chi connectivity index (χ3v) is 5.39. The van der Waals surface area contributed by atoms with Crippen molar-refractivity contribution in [3.05, 3.63) is 53.1 Å². The Morgan fingerprint density at radius 3 is 2.23 bits per heavy atom. The van der Waals surface area contributed by atoms with Crippen LogP contribution in [0.4, 0.5) is 5.69 Å². The summed E-state index contributed by atoms with van der Waals surface area (Å²) < 4.78 is 4.55. The smallest absolute Gasteiger partial charge is 0.293 e. The highest BCUT2D eigenvalue weighted by atomic mass is 32.2. The van der Waals surface area contributed by atoms with Crippen molar-refractivity contribution in [3.8, 4) is 6.07 Å². The normalized spacial score (nSPS) is 13.7. The fourth-order valence-electron chi connectivity index (χ4n) is 3.10. The molecule has 2 aromatic carbocycles. The Morgan fingerprint density at radius 1 is 1.10 bits per heavy atom. The van der Waals surface area contributed by atoms with E-state index in [0.717, 1.165) is 36.6 Å². The second kappa shape index (κ2) is 11.1. The van der Waals surface area contributed by atoms with E-state index in [1.54, 1.807) is 11.8 Å². The van der Waals surface area contributed by atoms with Crippen LogP contribution in [0.3, 0.4) is 0 Å². The molecule has 0 aromatic heterocycles. The topological polar surface area (TPSA) is 65.4 Å². The van der Waals surface area contributed by atoms with Gasteiger partial charge in [0.1, 0.15) is 5.60 Å². The lowest BCUT2D eigenvalue weighted by atomic mass is 10.2. The maximum Gasteiger partial charge on any atom is 0.293 e. The van der Waals surface area contributed by atoms with Crippen LogP contribution in [0.1, 0.15) is 37.5 Å². The van der Waals surface area contributed by atoms with Crippen LogP contribution in [-0.2, 0) is 9.53 Å². The van der Waals surface area contributed by atoms with E-state index in [4.69, 9.17) is 0 Å². The molecule has 0 unspecified atom stereocenters. The molecule has 0 saturated carbocycles. The van der Waals surface area contributed by atoms with Crippen molar-refractivity contribution in [2.75, 3.05) is 31.1 Å². The van der Waals surface area contributed by atoms with E-state index in [2.05, 4.69) is 59.1 Å². The Morgan fingerprint density at radius 2 is 1.73 bits per heavy atom. The predicted octanol–water partition coefficient (Wildman–Crippen LogP) is 4.69. The van der Waals surface area contributed by atoms with Gasteiger partial charge in [0.2, 0.25) is 0 Å². The van der Waals surface area contributed by atoms with E-state index in [9.17, 15) is 10.1 Å². The van der Waals surface area contributed by atoms with Crippen molar-refractivity contribution in [1.82, 2.24) is 5.32 Å². The van der Waals surface area contributed by atoms with E-state index >= 15 is 0 Å². The van der Waals surface area contributed by atoms with Crippen LogP contribution in [0, 0.1) is 25.2 Å². The summed E-state index contributed by atoms with van der Waals surface area (Å²) in [6.45, 7) is 14.2. The van der Waals surface area contributed by atoms with Crippen molar-refractivity contribution >= 4 is 23.9 Å². The monoisotopic (exact) mass is 425 g/mol. The number of hydrogen-bond donors (Lipinski definition) is 1. The summed E-state index contributed by atoms with van der Waals surface area (Å²) in [4.78, 5) is 14.4. The van der Waals surface area contributed by atoms with Crippen molar-refractivity contribution < 1.29 is 9.53 Å². The average Bonchev–Trinajstić information content (AvgIpc) is 2.67. The largest absolute Gasteiger partial charge is 0.462 e. The molecule has 1 aliphatic heterocycles. The van der Waals surface area contributed by atoms with Gasteiger partial charge in [0.15, 0.2) is 0 Å². The number of nitrogens with zero attached hydrogens (tertiary/aromatic N) is 2. The third kappa shape index (κ3) is 7.74. The lowest BCUT2D eigenvalue weighted by molar-refractivity contribution is -0.138. The summed E-state index contributed by atoms with van der Waals surface area (Å²) in [5, 5.41) is 12.6. The van der Waals surface area contributed by atoms with Crippen LogP contribution in [-0.4, -0.2) is 38.3 Å². The molecular weight excluding hydrogens is 394 g/mol. The lowest BCUT2D eigenvalue weighted by Crippen LogP contribution is -2.43. The van der Waals surface area contributed by atoms with E-state index in [0.29, 0.717) is 6.47 Å². The molecule has 1 heterocycles. The van der Waals surface area contributed by atoms with E-state index < -0.39 is 0 Å². The molecule has 0 atom stereocenters. The molecule has 0 aliphatic carbocycles. The number of hydrogen-bond acceptors (Lipinski definition) is 6. The molecule has 2 aromatic rings. The first-order valence-corrected chi connectivity index (χ1v) is 10.9. The van der Waals surface area contributed by atoms with Gasteiger partial charge < -0.3 is 15.0 Å². The van der Waals surface area contributed by atoms with Crippen LogP contribution >= 0.6 is 11.8 Å². The summed E-state index contributed by atoms with van der Waals surface area (Å²) in [7, 11) is 0. The highest BCUT2D eigenvalue weighted by molar-refractivity contribution is 7.99. The summed E-state index contributed by atoms with van der Waals surface area (Å²) >= 11 is 1.75. The van der Waals surface area contributed by atoms with Crippen molar-refractivity contribution in [3.63, 3.8) is 0 Å². The Kier molecular flexibility index (Phi) is 8.76. The molecule has 6 heteroatoms. The van der Waals surface area contributed by atoms with E-state index in [1.165, 1.54) is 21.7 Å². The second-order valence-electron chi connectivity index (χ2n) is 8.28. The molecule has 0 amide bonds. The quantitative estimate of drug-likeness (QED) is 0.717. The fraction of sp³-hybridized carbons (Fsp3) is 0.417. The minimum Gasteiger partial charge on any atom is -0.462 e. The average molecular weight is 426 g/mol. The van der Waals surface area contributed by atoms with Crippen LogP contribution < -0.4 is 10.2 Å². The number of aryl methyl sites for hydroxylation is 2. The number of carbonyl (C=O) groups excluding carboxylic acids is 1. The first kappa shape index (κ1) is 23.8. The van der Waals surface area contributed by atoms with Gasteiger partial charge in [0, 0.05) is 36.0 Å². The highest BCUT2D eigenvalue weighted by Crippen LogP contribution is 2.37. The van der Waals surface area contributed by atoms with Crippen molar-refractivity contribution in [2.45, 2.75) is 50.0 Å². The molecule has 160 valence electrons. The highest BCUT2D eigenvalue weighted by Gasteiger charge is 2.16. The van der Waals surface area contributed by atoms with Crippen molar-refractivity contribution in [2.24, 2.45) is 0 Å². The molecule has 5 nitrogen and oxygen atoms in total. The van der Waals surface area contributed by atoms with Crippen molar-refractivity contribution in [1.29, 1.82) is 5.26 Å². The first-order chi connectivity index (χ1) is 14.2. The van der Waals surface area contributed by atoms with Gasteiger partial charge in [0.05, 0.1) is 17.3 Å². The maximum atomic E-state index is 9.60. The summed E-state index contributed by atoms with van der Waals surface area (Å²) in [6.07, 6.45) is 0. The zero-order chi connectivity index (χ0) is 22.1. The standard InChI is InChI=1S/C19H21N3S.C5H10O2/c1-14-9-15(2)11-17(10-14)23-19-12-16(13-20)3-4-18(19)22-7-5-21-6-8-22;1-5(2,3)7-4-6/h3-4,9-12,21H,5-8H2,1-2H3;4H,1-3H3. The Bertz CT molecular complexity index is 874. The van der Waals surface area contributed by atoms with Crippen LogP contribution in [0.15, 0.2) is 46.2 Å². The predicted molar refractivity (Wildman–Crippen MR) is 123 cm³/mol. The van der Waals surface area contributed by atoms with Gasteiger partial charge in [-0.25, -0.2) is 0 Å². The molecule has 0 spiro atoms. The second-order valence-corrected chi connectivity index (χ2v) is 9.40. The molecular formula is C24H31N3O2S. The third-order valence-electron chi connectivity index (χ3n) is 4.37. The van der Waals surface area contributed by atoms with Crippen LogP contribution in [0.5, 0.6) is 0 Å². The summed E-state index contributed by atoms with van der Waals surface area (Å²) in [5.41, 5.74) is 4.17. The molecule has 1 aliphatic rings. The van der Waals surface area contributed by atoms with Gasteiger partial charge in [-0.1, -0.05) is 17.8 Å². The van der Waals surface area contributed by atoms with Gasteiger partial charge in [-0.2, -0.15) is 5.26 Å². The SMILES string of the molecule is CC(C)(C)OC=O.Cc1cc(C)cc(Sc2cc(C#N)ccc2N2CCNCC2)c1. The zero-order valence-corrected chi connectivity index (χ0v) is 19.3. The Labute approximate surface area is 184 Å². The maximum absolute atomic E-state index is 9.60. The van der Waals surface area contributed by atoms with Crippen LogP contribution in [0.2, 0.25) is 0 Å². The van der Waals surface area contributed by atoms with E-state index in [1.807, 2.05) is 32.9 Å². The number of benzene rings is 2. The number of anilines is 1. The summed E-state index contributed by atoms with van der Waals surface area (Å²) in [6, 6.07) is 14.9. The number of carbonyl (C=O) groups is 1. The van der Waals surface area contributed by atoms with Crippen LogP contribution in [0.25, 0.3) is 0 Å². The lowest BCUT2D eigenvalue weighted by Gasteiger charge is -2.31. The van der Waals surface area contributed by atoms with Gasteiger partial charge in [-0.15, -0.1) is 0 Å². The molecule has 1 fully saturated rings. The van der Waals surface area contributed by atoms with Gasteiger partial charge in [-0.05, 0) is 76.1 Å². The number of nitriles is 1. The fourth-order valence-corrected chi connectivity index (χ4v) is 4.33. The Hall–Kier alpha value is -2.49. The minimum atomic E-state index is -0.318. The molecule has 0 radical (unpaired) electrons. The number of piperazine rings is 1. The number of rotatable bonds is 4. The molecule has 1 N–H and O–H groups in total. The Balaban J connectivity index is 0.000000396. The zero-order valence-electron chi connectivity index (χ0n) is 18.5.